The first-order valence-corrected chi connectivity index (χ1v) is 6.77. The lowest BCUT2D eigenvalue weighted by Crippen LogP contribution is -2.42. The molecule has 16 heavy (non-hydrogen) atoms. The molecule has 2 nitrogen and oxygen atoms in total. The largest absolute Gasteiger partial charge is 0.385 e. The Morgan fingerprint density at radius 1 is 1.31 bits per heavy atom. The van der Waals surface area contributed by atoms with E-state index in [4.69, 9.17) is 4.74 Å². The summed E-state index contributed by atoms with van der Waals surface area (Å²) in [6, 6.07) is 0.746. The molecule has 0 amide bonds. The molecule has 2 heteroatoms. The molecule has 0 aromatic rings. The van der Waals surface area contributed by atoms with E-state index >= 15 is 0 Å². The predicted molar refractivity (Wildman–Crippen MR) is 69.7 cm³/mol. The van der Waals surface area contributed by atoms with E-state index < -0.39 is 0 Å². The first-order chi connectivity index (χ1) is 7.55. The molecule has 96 valence electrons. The zero-order valence-electron chi connectivity index (χ0n) is 11.5. The molecule has 0 aliphatic heterocycles. The smallest absolute Gasteiger partial charge is 0.0462 e. The lowest BCUT2D eigenvalue weighted by molar-refractivity contribution is 0.147. The number of nitrogens with one attached hydrogen (secondary N) is 1. The summed E-state index contributed by atoms with van der Waals surface area (Å²) in [5.41, 5.74) is 0.563. The monoisotopic (exact) mass is 227 g/mol. The lowest BCUT2D eigenvalue weighted by atomic mass is 9.70. The van der Waals surface area contributed by atoms with E-state index in [0.29, 0.717) is 5.41 Å². The third kappa shape index (κ3) is 4.84. The quantitative estimate of drug-likeness (QED) is 0.704. The number of methoxy groups -OCH3 is 1. The van der Waals surface area contributed by atoms with Crippen molar-refractivity contribution >= 4 is 0 Å². The van der Waals surface area contributed by atoms with Gasteiger partial charge in [-0.05, 0) is 50.0 Å². The molecule has 2 unspecified atom stereocenters. The molecular formula is C14H29NO. The number of rotatable bonds is 6. The number of hydrogen-bond acceptors (Lipinski definition) is 2. The summed E-state index contributed by atoms with van der Waals surface area (Å²) in [5, 5.41) is 3.71. The minimum atomic E-state index is 0.563. The van der Waals surface area contributed by atoms with Crippen molar-refractivity contribution in [1.82, 2.24) is 5.32 Å². The maximum atomic E-state index is 5.05. The maximum Gasteiger partial charge on any atom is 0.0462 e. The third-order valence-electron chi connectivity index (χ3n) is 3.88. The minimum Gasteiger partial charge on any atom is -0.385 e. The molecule has 1 rings (SSSR count). The summed E-state index contributed by atoms with van der Waals surface area (Å²) in [6.45, 7) is 9.25. The van der Waals surface area contributed by atoms with Crippen LogP contribution in [0.15, 0.2) is 0 Å². The molecule has 0 aromatic heterocycles. The van der Waals surface area contributed by atoms with Gasteiger partial charge in [0.05, 0.1) is 0 Å². The molecule has 0 saturated heterocycles. The standard InChI is InChI=1S/C14H29NO/c1-12-11-14(2,3)8-7-13(12)15-9-5-6-10-16-4/h12-13,15H,5-11H2,1-4H3. The van der Waals surface area contributed by atoms with Gasteiger partial charge in [-0.2, -0.15) is 0 Å². The van der Waals surface area contributed by atoms with Gasteiger partial charge in [0.25, 0.3) is 0 Å². The van der Waals surface area contributed by atoms with E-state index in [1.807, 2.05) is 0 Å². The van der Waals surface area contributed by atoms with Crippen LogP contribution in [-0.2, 0) is 4.74 Å². The van der Waals surface area contributed by atoms with Gasteiger partial charge < -0.3 is 10.1 Å². The van der Waals surface area contributed by atoms with Gasteiger partial charge in [-0.15, -0.1) is 0 Å². The Labute approximate surface area is 101 Å². The molecule has 1 aliphatic rings. The van der Waals surface area contributed by atoms with Gasteiger partial charge in [-0.25, -0.2) is 0 Å². The Bertz CT molecular complexity index is 191. The fourth-order valence-corrected chi connectivity index (χ4v) is 2.91. The molecule has 0 heterocycles. The second kappa shape index (κ2) is 6.61. The SMILES string of the molecule is COCCCCNC1CCC(C)(C)CC1C. The van der Waals surface area contributed by atoms with Crippen molar-refractivity contribution in [3.8, 4) is 0 Å². The zero-order chi connectivity index (χ0) is 12.0. The molecule has 0 bridgehead atoms. The molecule has 0 radical (unpaired) electrons. The van der Waals surface area contributed by atoms with Crippen molar-refractivity contribution in [3.05, 3.63) is 0 Å². The summed E-state index contributed by atoms with van der Waals surface area (Å²) < 4.78 is 5.05. The van der Waals surface area contributed by atoms with Crippen molar-refractivity contribution < 1.29 is 4.74 Å². The van der Waals surface area contributed by atoms with Crippen LogP contribution in [0.4, 0.5) is 0 Å². The van der Waals surface area contributed by atoms with E-state index in [1.165, 1.54) is 32.1 Å². The van der Waals surface area contributed by atoms with E-state index in [1.54, 1.807) is 7.11 Å². The molecule has 1 N–H and O–H groups in total. The Morgan fingerprint density at radius 2 is 2.06 bits per heavy atom. The van der Waals surface area contributed by atoms with Crippen molar-refractivity contribution in [1.29, 1.82) is 0 Å². The highest BCUT2D eigenvalue weighted by atomic mass is 16.5. The normalized spacial score (nSPS) is 29.2. The van der Waals surface area contributed by atoms with Gasteiger partial charge >= 0.3 is 0 Å². The Hall–Kier alpha value is -0.0800. The number of unbranched alkanes of at least 4 members (excludes halogenated alkanes) is 1. The van der Waals surface area contributed by atoms with Gasteiger partial charge in [0.1, 0.15) is 0 Å². The van der Waals surface area contributed by atoms with Gasteiger partial charge in [0.15, 0.2) is 0 Å². The summed E-state index contributed by atoms with van der Waals surface area (Å²) in [7, 11) is 1.78. The minimum absolute atomic E-state index is 0.563. The maximum absolute atomic E-state index is 5.05. The highest BCUT2D eigenvalue weighted by Gasteiger charge is 2.31. The van der Waals surface area contributed by atoms with Gasteiger partial charge in [-0.1, -0.05) is 20.8 Å². The number of ether oxygens (including phenoxy) is 1. The fourth-order valence-electron chi connectivity index (χ4n) is 2.91. The van der Waals surface area contributed by atoms with E-state index in [2.05, 4.69) is 26.1 Å². The van der Waals surface area contributed by atoms with Crippen molar-refractivity contribution in [2.75, 3.05) is 20.3 Å². The molecule has 0 spiro atoms. The predicted octanol–water partition coefficient (Wildman–Crippen LogP) is 3.22. The summed E-state index contributed by atoms with van der Waals surface area (Å²) in [4.78, 5) is 0. The molecular weight excluding hydrogens is 198 g/mol. The van der Waals surface area contributed by atoms with Crippen LogP contribution in [0, 0.1) is 11.3 Å². The van der Waals surface area contributed by atoms with E-state index in [-0.39, 0.29) is 0 Å². The topological polar surface area (TPSA) is 21.3 Å². The zero-order valence-corrected chi connectivity index (χ0v) is 11.5. The van der Waals surface area contributed by atoms with Crippen LogP contribution in [0.25, 0.3) is 0 Å². The van der Waals surface area contributed by atoms with Crippen LogP contribution >= 0.6 is 0 Å². The number of hydrogen-bond donors (Lipinski definition) is 1. The lowest BCUT2D eigenvalue weighted by Gasteiger charge is -2.39. The van der Waals surface area contributed by atoms with Gasteiger partial charge in [0.2, 0.25) is 0 Å². The van der Waals surface area contributed by atoms with Crippen LogP contribution in [0.3, 0.4) is 0 Å². The van der Waals surface area contributed by atoms with Crippen LogP contribution in [0.2, 0.25) is 0 Å². The summed E-state index contributed by atoms with van der Waals surface area (Å²) >= 11 is 0. The van der Waals surface area contributed by atoms with Gasteiger partial charge in [0, 0.05) is 19.8 Å². The summed E-state index contributed by atoms with van der Waals surface area (Å²) in [5.74, 6) is 0.825. The van der Waals surface area contributed by atoms with Gasteiger partial charge in [-0.3, -0.25) is 0 Å². The Kier molecular flexibility index (Phi) is 5.77. The molecule has 1 aliphatic carbocycles. The third-order valence-corrected chi connectivity index (χ3v) is 3.88. The molecule has 0 aromatic carbocycles. The molecule has 1 saturated carbocycles. The van der Waals surface area contributed by atoms with E-state index in [9.17, 15) is 0 Å². The first-order valence-electron chi connectivity index (χ1n) is 6.77. The Morgan fingerprint density at radius 3 is 2.69 bits per heavy atom. The highest BCUT2D eigenvalue weighted by Crippen LogP contribution is 2.38. The second-order valence-corrected chi connectivity index (χ2v) is 6.14. The molecule has 1 fully saturated rings. The molecule has 2 atom stereocenters. The van der Waals surface area contributed by atoms with Crippen molar-refractivity contribution in [3.63, 3.8) is 0 Å². The second-order valence-electron chi connectivity index (χ2n) is 6.14. The van der Waals surface area contributed by atoms with Crippen LogP contribution in [-0.4, -0.2) is 26.3 Å². The van der Waals surface area contributed by atoms with Crippen LogP contribution in [0.5, 0.6) is 0 Å². The summed E-state index contributed by atoms with van der Waals surface area (Å²) in [6.07, 6.45) is 6.49. The Balaban J connectivity index is 2.13. The van der Waals surface area contributed by atoms with E-state index in [0.717, 1.165) is 25.1 Å². The fraction of sp³-hybridized carbons (Fsp3) is 1.00. The average molecular weight is 227 g/mol. The highest BCUT2D eigenvalue weighted by molar-refractivity contribution is 4.86. The average Bonchev–Trinajstić information content (AvgIpc) is 2.20. The first kappa shape index (κ1) is 14.0. The van der Waals surface area contributed by atoms with Crippen molar-refractivity contribution in [2.45, 2.75) is 58.9 Å². The van der Waals surface area contributed by atoms with Crippen LogP contribution < -0.4 is 5.32 Å². The van der Waals surface area contributed by atoms with Crippen molar-refractivity contribution in [2.24, 2.45) is 11.3 Å². The van der Waals surface area contributed by atoms with Crippen LogP contribution in [0.1, 0.15) is 52.9 Å².